The minimum absolute atomic E-state index is 0.162. The highest BCUT2D eigenvalue weighted by Crippen LogP contribution is 2.32. The Morgan fingerprint density at radius 2 is 1.83 bits per heavy atom. The maximum absolute atomic E-state index is 12.1. The van der Waals surface area contributed by atoms with Gasteiger partial charge in [-0.05, 0) is 49.5 Å². The summed E-state index contributed by atoms with van der Waals surface area (Å²) < 4.78 is 26.5. The number of fused-ring (bicyclic) bond motifs is 1. The van der Waals surface area contributed by atoms with E-state index >= 15 is 0 Å². The van der Waals surface area contributed by atoms with Gasteiger partial charge in [-0.15, -0.1) is 0 Å². The van der Waals surface area contributed by atoms with Crippen LogP contribution in [0.15, 0.2) is 51.8 Å². The minimum Gasteiger partial charge on any atom is -0.324 e. The highest BCUT2D eigenvalue weighted by atomic mass is 79.9. The van der Waals surface area contributed by atoms with Crippen LogP contribution in [0, 0.1) is 0 Å². The van der Waals surface area contributed by atoms with E-state index in [2.05, 4.69) is 36.8 Å². The van der Waals surface area contributed by atoms with Gasteiger partial charge in [-0.1, -0.05) is 15.9 Å². The maximum atomic E-state index is 12.1. The van der Waals surface area contributed by atoms with Crippen LogP contribution >= 0.6 is 15.9 Å². The fraction of sp³-hybridized carbons (Fsp3) is 0.133. The molecule has 1 atom stereocenters. The molecule has 0 fully saturated rings. The van der Waals surface area contributed by atoms with Gasteiger partial charge in [0.15, 0.2) is 0 Å². The lowest BCUT2D eigenvalue weighted by Gasteiger charge is -2.14. The van der Waals surface area contributed by atoms with Crippen LogP contribution in [-0.4, -0.2) is 21.4 Å². The molecular formula is C15H15BrN4O3S. The third-order valence-corrected chi connectivity index (χ3v) is 5.56. The van der Waals surface area contributed by atoms with E-state index in [9.17, 15) is 13.2 Å². The van der Waals surface area contributed by atoms with Gasteiger partial charge in [0.1, 0.15) is 6.04 Å². The van der Waals surface area contributed by atoms with Crippen LogP contribution in [0.25, 0.3) is 0 Å². The number of anilines is 2. The van der Waals surface area contributed by atoms with Crippen LogP contribution in [0.3, 0.4) is 0 Å². The quantitative estimate of drug-likeness (QED) is 0.564. The SMILES string of the molecule is CNS(=O)(=O)c1ccc(NNC2C(=O)Nc3ccc(Br)cc32)cc1. The predicted molar refractivity (Wildman–Crippen MR) is 95.0 cm³/mol. The van der Waals surface area contributed by atoms with Crippen molar-refractivity contribution in [2.24, 2.45) is 0 Å². The highest BCUT2D eigenvalue weighted by molar-refractivity contribution is 9.10. The van der Waals surface area contributed by atoms with Crippen molar-refractivity contribution in [2.45, 2.75) is 10.9 Å². The molecule has 0 spiro atoms. The van der Waals surface area contributed by atoms with Gasteiger partial charge in [0.05, 0.1) is 4.90 Å². The second kappa shape index (κ2) is 6.52. The molecule has 24 heavy (non-hydrogen) atoms. The molecule has 0 saturated heterocycles. The normalized spacial score (nSPS) is 16.6. The second-order valence-corrected chi connectivity index (χ2v) is 7.96. The fourth-order valence-electron chi connectivity index (χ4n) is 2.37. The van der Waals surface area contributed by atoms with Crippen LogP contribution in [-0.2, 0) is 14.8 Å². The summed E-state index contributed by atoms with van der Waals surface area (Å²) in [5, 5.41) is 2.80. The molecule has 3 rings (SSSR count). The standard InChI is InChI=1S/C15H15BrN4O3S/c1-17-24(22,23)11-5-3-10(4-6-11)19-20-14-12-8-9(16)2-7-13(12)18-15(14)21/h2-8,14,17,19-20H,1H3,(H,18,21). The van der Waals surface area contributed by atoms with Crippen LogP contribution in [0.4, 0.5) is 11.4 Å². The number of hydrazine groups is 1. The number of rotatable bonds is 5. The Morgan fingerprint density at radius 1 is 1.12 bits per heavy atom. The first-order valence-electron chi connectivity index (χ1n) is 7.06. The zero-order valence-corrected chi connectivity index (χ0v) is 15.0. The molecule has 2 aromatic rings. The Labute approximate surface area is 148 Å². The molecule has 1 heterocycles. The van der Waals surface area contributed by atoms with Gasteiger partial charge in [-0.25, -0.2) is 18.6 Å². The molecule has 9 heteroatoms. The predicted octanol–water partition coefficient (Wildman–Crippen LogP) is 1.97. The van der Waals surface area contributed by atoms with Crippen LogP contribution in [0.1, 0.15) is 11.6 Å². The lowest BCUT2D eigenvalue weighted by atomic mass is 10.1. The number of halogens is 1. The Balaban J connectivity index is 1.73. The lowest BCUT2D eigenvalue weighted by molar-refractivity contribution is -0.117. The largest absolute Gasteiger partial charge is 0.324 e. The Hall–Kier alpha value is -1.94. The topological polar surface area (TPSA) is 99.3 Å². The van der Waals surface area contributed by atoms with E-state index in [1.165, 1.54) is 19.2 Å². The molecule has 0 aliphatic carbocycles. The molecule has 0 radical (unpaired) electrons. The summed E-state index contributed by atoms with van der Waals surface area (Å²) in [4.78, 5) is 12.2. The average Bonchev–Trinajstić information content (AvgIpc) is 2.88. The van der Waals surface area contributed by atoms with Crippen LogP contribution in [0.2, 0.25) is 0 Å². The molecule has 0 bridgehead atoms. The molecule has 4 N–H and O–H groups in total. The van der Waals surface area contributed by atoms with Crippen molar-refractivity contribution in [3.8, 4) is 0 Å². The Morgan fingerprint density at radius 3 is 2.50 bits per heavy atom. The number of carbonyl (C=O) groups excluding carboxylic acids is 1. The summed E-state index contributed by atoms with van der Waals surface area (Å²) >= 11 is 3.39. The van der Waals surface area contributed by atoms with Crippen molar-refractivity contribution in [1.82, 2.24) is 10.1 Å². The van der Waals surface area contributed by atoms with Gasteiger partial charge >= 0.3 is 0 Å². The summed E-state index contributed by atoms with van der Waals surface area (Å²) in [5.41, 5.74) is 8.12. The molecule has 1 aliphatic heterocycles. The van der Waals surface area contributed by atoms with E-state index in [1.54, 1.807) is 12.1 Å². The monoisotopic (exact) mass is 410 g/mol. The van der Waals surface area contributed by atoms with Crippen molar-refractivity contribution in [3.63, 3.8) is 0 Å². The smallest absolute Gasteiger partial charge is 0.247 e. The number of amides is 1. The van der Waals surface area contributed by atoms with E-state index in [4.69, 9.17) is 0 Å². The molecule has 1 unspecified atom stereocenters. The molecular weight excluding hydrogens is 396 g/mol. The molecule has 1 aliphatic rings. The number of hydrogen-bond donors (Lipinski definition) is 4. The summed E-state index contributed by atoms with van der Waals surface area (Å²) in [6.45, 7) is 0. The third kappa shape index (κ3) is 3.29. The fourth-order valence-corrected chi connectivity index (χ4v) is 3.48. The third-order valence-electron chi connectivity index (χ3n) is 3.64. The average molecular weight is 411 g/mol. The molecule has 0 aromatic heterocycles. The molecule has 2 aromatic carbocycles. The first-order chi connectivity index (χ1) is 11.4. The molecule has 7 nitrogen and oxygen atoms in total. The van der Waals surface area contributed by atoms with Crippen LogP contribution < -0.4 is 20.9 Å². The summed E-state index contributed by atoms with van der Waals surface area (Å²) in [5.74, 6) is -0.162. The van der Waals surface area contributed by atoms with Crippen LogP contribution in [0.5, 0.6) is 0 Å². The van der Waals surface area contributed by atoms with E-state index < -0.39 is 16.1 Å². The minimum atomic E-state index is -3.47. The summed E-state index contributed by atoms with van der Waals surface area (Å²) in [7, 11) is -2.11. The number of carbonyl (C=O) groups is 1. The van der Waals surface area contributed by atoms with E-state index in [1.807, 2.05) is 18.2 Å². The van der Waals surface area contributed by atoms with Gasteiger partial charge in [-0.2, -0.15) is 0 Å². The number of sulfonamides is 1. The van der Waals surface area contributed by atoms with Crippen molar-refractivity contribution in [1.29, 1.82) is 0 Å². The molecule has 126 valence electrons. The van der Waals surface area contributed by atoms with Crippen molar-refractivity contribution in [3.05, 3.63) is 52.5 Å². The van der Waals surface area contributed by atoms with Gasteiger partial charge in [0, 0.05) is 21.4 Å². The van der Waals surface area contributed by atoms with Gasteiger partial charge in [0.2, 0.25) is 15.9 Å². The van der Waals surface area contributed by atoms with Crippen molar-refractivity contribution < 1.29 is 13.2 Å². The zero-order chi connectivity index (χ0) is 17.3. The number of nitrogens with one attached hydrogen (secondary N) is 4. The van der Waals surface area contributed by atoms with E-state index in [-0.39, 0.29) is 10.8 Å². The first kappa shape index (κ1) is 16.9. The zero-order valence-electron chi connectivity index (χ0n) is 12.6. The summed E-state index contributed by atoms with van der Waals surface area (Å²) in [6, 6.07) is 11.2. The van der Waals surface area contributed by atoms with E-state index in [0.717, 1.165) is 15.7 Å². The number of hydrogen-bond acceptors (Lipinski definition) is 5. The molecule has 1 amide bonds. The van der Waals surface area contributed by atoms with Gasteiger partial charge < -0.3 is 10.7 Å². The maximum Gasteiger partial charge on any atom is 0.247 e. The first-order valence-corrected chi connectivity index (χ1v) is 9.34. The summed E-state index contributed by atoms with van der Waals surface area (Å²) in [6.07, 6.45) is 0. The van der Waals surface area contributed by atoms with E-state index in [0.29, 0.717) is 5.69 Å². The van der Waals surface area contributed by atoms with Gasteiger partial charge in [-0.3, -0.25) is 4.79 Å². The van der Waals surface area contributed by atoms with Gasteiger partial charge in [0.25, 0.3) is 0 Å². The Bertz CT molecular complexity index is 884. The second-order valence-electron chi connectivity index (χ2n) is 5.16. The Kier molecular flexibility index (Phi) is 4.59. The number of benzene rings is 2. The lowest BCUT2D eigenvalue weighted by Crippen LogP contribution is -2.32. The molecule has 0 saturated carbocycles. The van der Waals surface area contributed by atoms with Crippen molar-refractivity contribution in [2.75, 3.05) is 17.8 Å². The van der Waals surface area contributed by atoms with Crippen molar-refractivity contribution >= 4 is 43.2 Å². The highest BCUT2D eigenvalue weighted by Gasteiger charge is 2.30.